The zero-order valence-electron chi connectivity index (χ0n) is 10.0. The van der Waals surface area contributed by atoms with Crippen molar-refractivity contribution in [1.82, 2.24) is 4.98 Å². The lowest BCUT2D eigenvalue weighted by molar-refractivity contribution is -0.151. The van der Waals surface area contributed by atoms with Crippen LogP contribution < -0.4 is 0 Å². The Hall–Kier alpha value is -0.940. The van der Waals surface area contributed by atoms with Gasteiger partial charge in [0.25, 0.3) is 0 Å². The average molecular weight is 255 g/mol. The van der Waals surface area contributed by atoms with Gasteiger partial charge in [0.05, 0.1) is 13.0 Å². The quantitative estimate of drug-likeness (QED) is 0.820. The van der Waals surface area contributed by atoms with Crippen LogP contribution in [0.25, 0.3) is 0 Å². The molecule has 0 spiro atoms. The minimum atomic E-state index is -0.863. The van der Waals surface area contributed by atoms with E-state index >= 15 is 0 Å². The maximum Gasteiger partial charge on any atom is 0.308 e. The maximum absolute atomic E-state index is 11.6. The first kappa shape index (κ1) is 12.5. The van der Waals surface area contributed by atoms with Crippen molar-refractivity contribution in [2.45, 2.75) is 31.8 Å². The summed E-state index contributed by atoms with van der Waals surface area (Å²) >= 11 is 1.47. The van der Waals surface area contributed by atoms with E-state index in [1.807, 2.05) is 12.3 Å². The zero-order valence-corrected chi connectivity index (χ0v) is 10.9. The first-order valence-electron chi connectivity index (χ1n) is 5.77. The number of carbonyl (C=O) groups excluding carboxylic acids is 1. The molecule has 2 rings (SSSR count). The number of aromatic nitrogens is 1. The maximum atomic E-state index is 11.6. The van der Waals surface area contributed by atoms with Gasteiger partial charge in [0.2, 0.25) is 0 Å². The van der Waals surface area contributed by atoms with Gasteiger partial charge < -0.3 is 9.84 Å². The van der Waals surface area contributed by atoms with E-state index in [2.05, 4.69) is 4.98 Å². The molecule has 1 aliphatic rings. The third-order valence-electron chi connectivity index (χ3n) is 3.55. The van der Waals surface area contributed by atoms with Crippen LogP contribution in [0, 0.1) is 11.8 Å². The van der Waals surface area contributed by atoms with E-state index in [9.17, 15) is 9.90 Å². The van der Waals surface area contributed by atoms with Gasteiger partial charge in [-0.25, -0.2) is 4.98 Å². The van der Waals surface area contributed by atoms with Crippen LogP contribution in [0.15, 0.2) is 11.6 Å². The Morgan fingerprint density at radius 3 is 3.00 bits per heavy atom. The Labute approximate surface area is 105 Å². The highest BCUT2D eigenvalue weighted by atomic mass is 32.1. The fourth-order valence-corrected chi connectivity index (χ4v) is 3.38. The van der Waals surface area contributed by atoms with Crippen LogP contribution in [0.4, 0.5) is 0 Å². The monoisotopic (exact) mass is 255 g/mol. The highest BCUT2D eigenvalue weighted by molar-refractivity contribution is 7.09. The number of methoxy groups -OCH3 is 1. The number of nitrogens with zero attached hydrogens (tertiary/aromatic N) is 1. The number of hydrogen-bond acceptors (Lipinski definition) is 5. The van der Waals surface area contributed by atoms with Crippen molar-refractivity contribution < 1.29 is 14.6 Å². The second kappa shape index (κ2) is 4.74. The number of ether oxygens (including phenoxy) is 1. The van der Waals surface area contributed by atoms with Crippen molar-refractivity contribution in [2.24, 2.45) is 11.8 Å². The minimum Gasteiger partial charge on any atom is -0.469 e. The zero-order chi connectivity index (χ0) is 12.5. The Kier molecular flexibility index (Phi) is 3.49. The van der Waals surface area contributed by atoms with Crippen LogP contribution in [-0.4, -0.2) is 23.2 Å². The Bertz CT molecular complexity index is 392. The molecular formula is C12H17NO3S. The molecule has 0 aliphatic heterocycles. The van der Waals surface area contributed by atoms with Crippen molar-refractivity contribution in [2.75, 3.05) is 7.11 Å². The van der Waals surface area contributed by atoms with E-state index in [1.54, 1.807) is 6.20 Å². The van der Waals surface area contributed by atoms with E-state index in [0.717, 1.165) is 5.01 Å². The lowest BCUT2D eigenvalue weighted by Gasteiger charge is -2.37. The number of rotatable bonds is 2. The molecule has 0 bridgehead atoms. The molecule has 0 aromatic carbocycles. The van der Waals surface area contributed by atoms with E-state index in [0.29, 0.717) is 19.3 Å². The summed E-state index contributed by atoms with van der Waals surface area (Å²) in [6.45, 7) is 1.99. The van der Waals surface area contributed by atoms with E-state index < -0.39 is 5.60 Å². The molecule has 1 aliphatic carbocycles. The van der Waals surface area contributed by atoms with Crippen LogP contribution in [0.1, 0.15) is 31.2 Å². The smallest absolute Gasteiger partial charge is 0.308 e. The number of aliphatic hydroxyl groups is 1. The molecule has 1 heterocycles. The Morgan fingerprint density at radius 1 is 1.71 bits per heavy atom. The summed E-state index contributed by atoms with van der Waals surface area (Å²) in [4.78, 5) is 15.7. The van der Waals surface area contributed by atoms with Crippen molar-refractivity contribution >= 4 is 17.3 Å². The van der Waals surface area contributed by atoms with Gasteiger partial charge in [-0.2, -0.15) is 0 Å². The van der Waals surface area contributed by atoms with Gasteiger partial charge in [0.1, 0.15) is 10.6 Å². The molecule has 3 unspecified atom stereocenters. The normalized spacial score (nSPS) is 33.4. The van der Waals surface area contributed by atoms with Crippen molar-refractivity contribution in [3.05, 3.63) is 16.6 Å². The Balaban J connectivity index is 2.11. The van der Waals surface area contributed by atoms with Crippen molar-refractivity contribution in [1.29, 1.82) is 0 Å². The van der Waals surface area contributed by atoms with E-state index in [4.69, 9.17) is 4.74 Å². The Morgan fingerprint density at radius 2 is 2.47 bits per heavy atom. The van der Waals surface area contributed by atoms with E-state index in [-0.39, 0.29) is 17.8 Å². The van der Waals surface area contributed by atoms with Gasteiger partial charge in [-0.1, -0.05) is 6.92 Å². The fraction of sp³-hybridized carbons (Fsp3) is 0.667. The summed E-state index contributed by atoms with van der Waals surface area (Å²) < 4.78 is 4.79. The predicted octanol–water partition coefficient (Wildman–Crippen LogP) is 1.94. The van der Waals surface area contributed by atoms with Gasteiger partial charge in [-0.3, -0.25) is 4.79 Å². The molecule has 17 heavy (non-hydrogen) atoms. The standard InChI is InChI=1S/C12H17NO3S/c1-8-7-12(15,11-13-5-6-17-11)4-3-9(8)10(14)16-2/h5-6,8-9,15H,3-4,7H2,1-2H3. The van der Waals surface area contributed by atoms with Crippen molar-refractivity contribution in [3.8, 4) is 0 Å². The topological polar surface area (TPSA) is 59.4 Å². The number of esters is 1. The molecule has 0 amide bonds. The summed E-state index contributed by atoms with van der Waals surface area (Å²) in [7, 11) is 1.41. The predicted molar refractivity (Wildman–Crippen MR) is 64.5 cm³/mol. The molecule has 1 saturated carbocycles. The van der Waals surface area contributed by atoms with Crippen LogP contribution in [-0.2, 0) is 15.1 Å². The summed E-state index contributed by atoms with van der Waals surface area (Å²) in [5.41, 5.74) is -0.863. The number of carbonyl (C=O) groups is 1. The molecule has 1 aromatic heterocycles. The largest absolute Gasteiger partial charge is 0.469 e. The van der Waals surface area contributed by atoms with Gasteiger partial charge in [-0.15, -0.1) is 11.3 Å². The molecule has 0 saturated heterocycles. The summed E-state index contributed by atoms with van der Waals surface area (Å²) in [6, 6.07) is 0. The van der Waals surface area contributed by atoms with Crippen molar-refractivity contribution in [3.63, 3.8) is 0 Å². The lowest BCUT2D eigenvalue weighted by Crippen LogP contribution is -2.39. The molecule has 4 nitrogen and oxygen atoms in total. The summed E-state index contributed by atoms with van der Waals surface area (Å²) in [5.74, 6) is -0.149. The number of thiazole rings is 1. The third-order valence-corrected chi connectivity index (χ3v) is 4.52. The molecule has 1 N–H and O–H groups in total. The second-order valence-electron chi connectivity index (χ2n) is 4.72. The van der Waals surface area contributed by atoms with Crippen LogP contribution in [0.3, 0.4) is 0 Å². The van der Waals surface area contributed by atoms with E-state index in [1.165, 1.54) is 18.4 Å². The highest BCUT2D eigenvalue weighted by Crippen LogP contribution is 2.43. The van der Waals surface area contributed by atoms with Gasteiger partial charge in [0, 0.05) is 11.6 Å². The average Bonchev–Trinajstić information content (AvgIpc) is 2.82. The van der Waals surface area contributed by atoms with Crippen LogP contribution >= 0.6 is 11.3 Å². The minimum absolute atomic E-state index is 0.0970. The fourth-order valence-electron chi connectivity index (χ4n) is 2.60. The number of hydrogen-bond donors (Lipinski definition) is 1. The molecule has 3 atom stereocenters. The lowest BCUT2D eigenvalue weighted by atomic mass is 9.72. The molecule has 1 fully saturated rings. The molecular weight excluding hydrogens is 238 g/mol. The second-order valence-corrected chi connectivity index (χ2v) is 5.61. The molecule has 1 aromatic rings. The first-order valence-corrected chi connectivity index (χ1v) is 6.65. The third kappa shape index (κ3) is 2.35. The highest BCUT2D eigenvalue weighted by Gasteiger charge is 2.43. The first-order chi connectivity index (χ1) is 8.07. The summed E-state index contributed by atoms with van der Waals surface area (Å²) in [6.07, 6.45) is 3.50. The molecule has 0 radical (unpaired) electrons. The van der Waals surface area contributed by atoms with Crippen LogP contribution in [0.2, 0.25) is 0 Å². The SMILES string of the molecule is COC(=O)C1CCC(O)(c2nccs2)CC1C. The molecule has 94 valence electrons. The summed E-state index contributed by atoms with van der Waals surface area (Å²) in [5, 5.41) is 13.2. The van der Waals surface area contributed by atoms with Crippen LogP contribution in [0.5, 0.6) is 0 Å². The van der Waals surface area contributed by atoms with Gasteiger partial charge >= 0.3 is 5.97 Å². The van der Waals surface area contributed by atoms with Gasteiger partial charge in [-0.05, 0) is 25.2 Å². The van der Waals surface area contributed by atoms with Gasteiger partial charge in [0.15, 0.2) is 0 Å². The molecule has 5 heteroatoms.